The maximum absolute atomic E-state index is 9.57. The lowest BCUT2D eigenvalue weighted by Crippen LogP contribution is -2.31. The minimum Gasteiger partial charge on any atom is -0.389 e. The van der Waals surface area contributed by atoms with Gasteiger partial charge in [-0.05, 0) is 25.1 Å². The standard InChI is InChI=1S/C13H22N2O2/c1-2-7-14-10-13(16)11-17-9-6-12-5-3-4-8-15-12/h3-5,8,13-14,16H,2,6-7,9-11H2,1H3. The fraction of sp³-hybridized carbons (Fsp3) is 0.615. The molecule has 96 valence electrons. The zero-order valence-corrected chi connectivity index (χ0v) is 10.4. The van der Waals surface area contributed by atoms with Crippen LogP contribution in [0.15, 0.2) is 24.4 Å². The van der Waals surface area contributed by atoms with E-state index in [-0.39, 0.29) is 0 Å². The van der Waals surface area contributed by atoms with Crippen LogP contribution < -0.4 is 5.32 Å². The normalized spacial score (nSPS) is 12.6. The predicted molar refractivity (Wildman–Crippen MR) is 67.9 cm³/mol. The summed E-state index contributed by atoms with van der Waals surface area (Å²) in [5.74, 6) is 0. The maximum atomic E-state index is 9.57. The molecule has 0 fully saturated rings. The Hall–Kier alpha value is -0.970. The van der Waals surface area contributed by atoms with Crippen LogP contribution in [0.5, 0.6) is 0 Å². The number of aromatic nitrogens is 1. The zero-order chi connectivity index (χ0) is 12.3. The van der Waals surface area contributed by atoms with Gasteiger partial charge in [-0.1, -0.05) is 13.0 Å². The first-order valence-corrected chi connectivity index (χ1v) is 6.19. The number of aliphatic hydroxyl groups excluding tert-OH is 1. The highest BCUT2D eigenvalue weighted by Crippen LogP contribution is 1.95. The second-order valence-electron chi connectivity index (χ2n) is 4.00. The molecule has 2 N–H and O–H groups in total. The predicted octanol–water partition coefficient (Wildman–Crippen LogP) is 1.00. The van der Waals surface area contributed by atoms with E-state index in [0.29, 0.717) is 19.8 Å². The van der Waals surface area contributed by atoms with Gasteiger partial charge in [0.25, 0.3) is 0 Å². The van der Waals surface area contributed by atoms with Crippen LogP contribution in [0.2, 0.25) is 0 Å². The largest absolute Gasteiger partial charge is 0.389 e. The van der Waals surface area contributed by atoms with Gasteiger partial charge in [-0.15, -0.1) is 0 Å². The Morgan fingerprint density at radius 3 is 3.06 bits per heavy atom. The van der Waals surface area contributed by atoms with Crippen molar-refractivity contribution in [3.63, 3.8) is 0 Å². The monoisotopic (exact) mass is 238 g/mol. The number of pyridine rings is 1. The third-order valence-corrected chi connectivity index (χ3v) is 2.35. The van der Waals surface area contributed by atoms with Crippen molar-refractivity contribution in [2.75, 3.05) is 26.3 Å². The van der Waals surface area contributed by atoms with Gasteiger partial charge in [-0.2, -0.15) is 0 Å². The summed E-state index contributed by atoms with van der Waals surface area (Å²) in [7, 11) is 0. The van der Waals surface area contributed by atoms with Crippen molar-refractivity contribution in [3.8, 4) is 0 Å². The minimum atomic E-state index is -0.426. The Balaban J connectivity index is 2.00. The van der Waals surface area contributed by atoms with E-state index in [1.165, 1.54) is 0 Å². The molecule has 0 saturated heterocycles. The van der Waals surface area contributed by atoms with E-state index in [1.54, 1.807) is 6.20 Å². The Bertz CT molecular complexity index is 280. The van der Waals surface area contributed by atoms with Crippen molar-refractivity contribution < 1.29 is 9.84 Å². The lowest BCUT2D eigenvalue weighted by molar-refractivity contribution is 0.0382. The topological polar surface area (TPSA) is 54.4 Å². The molecular weight excluding hydrogens is 216 g/mol. The van der Waals surface area contributed by atoms with Gasteiger partial charge in [0, 0.05) is 24.9 Å². The molecule has 0 bridgehead atoms. The molecule has 1 rings (SSSR count). The summed E-state index contributed by atoms with van der Waals surface area (Å²) in [6, 6.07) is 5.84. The number of aliphatic hydroxyl groups is 1. The third kappa shape index (κ3) is 7.05. The van der Waals surface area contributed by atoms with Gasteiger partial charge in [-0.25, -0.2) is 0 Å². The van der Waals surface area contributed by atoms with Gasteiger partial charge in [0.05, 0.1) is 19.3 Å². The summed E-state index contributed by atoms with van der Waals surface area (Å²) in [6.45, 7) is 4.61. The van der Waals surface area contributed by atoms with Crippen molar-refractivity contribution >= 4 is 0 Å². The van der Waals surface area contributed by atoms with Crippen LogP contribution >= 0.6 is 0 Å². The minimum absolute atomic E-state index is 0.379. The Labute approximate surface area is 103 Å². The summed E-state index contributed by atoms with van der Waals surface area (Å²) in [6.07, 6.45) is 3.22. The van der Waals surface area contributed by atoms with Gasteiger partial charge in [0.15, 0.2) is 0 Å². The SMILES string of the molecule is CCCNCC(O)COCCc1ccccn1. The van der Waals surface area contributed by atoms with E-state index in [1.807, 2.05) is 18.2 Å². The number of hydrogen-bond donors (Lipinski definition) is 2. The number of nitrogens with one attached hydrogen (secondary N) is 1. The van der Waals surface area contributed by atoms with Crippen molar-refractivity contribution in [2.45, 2.75) is 25.9 Å². The first-order chi connectivity index (χ1) is 8.33. The molecule has 0 spiro atoms. The van der Waals surface area contributed by atoms with E-state index >= 15 is 0 Å². The van der Waals surface area contributed by atoms with Crippen LogP contribution in [-0.2, 0) is 11.2 Å². The molecule has 0 aliphatic carbocycles. The highest BCUT2D eigenvalue weighted by Gasteiger charge is 2.03. The fourth-order valence-electron chi connectivity index (χ4n) is 1.45. The van der Waals surface area contributed by atoms with E-state index < -0.39 is 6.10 Å². The fourth-order valence-corrected chi connectivity index (χ4v) is 1.45. The molecule has 0 saturated carbocycles. The Morgan fingerprint density at radius 1 is 1.47 bits per heavy atom. The smallest absolute Gasteiger partial charge is 0.0897 e. The number of hydrogen-bond acceptors (Lipinski definition) is 4. The maximum Gasteiger partial charge on any atom is 0.0897 e. The molecule has 0 aliphatic heterocycles. The molecule has 0 aliphatic rings. The van der Waals surface area contributed by atoms with Gasteiger partial charge >= 0.3 is 0 Å². The lowest BCUT2D eigenvalue weighted by atomic mass is 10.3. The summed E-state index contributed by atoms with van der Waals surface area (Å²) in [4.78, 5) is 4.20. The van der Waals surface area contributed by atoms with Gasteiger partial charge < -0.3 is 15.2 Å². The lowest BCUT2D eigenvalue weighted by Gasteiger charge is -2.11. The van der Waals surface area contributed by atoms with Gasteiger partial charge in [-0.3, -0.25) is 4.98 Å². The molecule has 4 nitrogen and oxygen atoms in total. The molecular formula is C13H22N2O2. The first kappa shape index (κ1) is 14.1. The van der Waals surface area contributed by atoms with Crippen LogP contribution in [0.4, 0.5) is 0 Å². The molecule has 1 heterocycles. The Morgan fingerprint density at radius 2 is 2.35 bits per heavy atom. The van der Waals surface area contributed by atoms with Crippen molar-refractivity contribution in [2.24, 2.45) is 0 Å². The molecule has 1 aromatic rings. The number of nitrogens with zero attached hydrogens (tertiary/aromatic N) is 1. The average molecular weight is 238 g/mol. The van der Waals surface area contributed by atoms with E-state index in [2.05, 4.69) is 17.2 Å². The molecule has 0 radical (unpaired) electrons. The second kappa shape index (κ2) is 9.10. The van der Waals surface area contributed by atoms with E-state index in [9.17, 15) is 5.11 Å². The average Bonchev–Trinajstić information content (AvgIpc) is 2.36. The van der Waals surface area contributed by atoms with Gasteiger partial charge in [0.1, 0.15) is 0 Å². The summed E-state index contributed by atoms with van der Waals surface area (Å²) in [5.41, 5.74) is 1.02. The highest BCUT2D eigenvalue weighted by molar-refractivity contribution is 5.03. The molecule has 0 aromatic carbocycles. The van der Waals surface area contributed by atoms with E-state index in [4.69, 9.17) is 4.74 Å². The quantitative estimate of drug-likeness (QED) is 0.630. The molecule has 1 aromatic heterocycles. The molecule has 1 unspecified atom stereocenters. The van der Waals surface area contributed by atoms with Crippen LogP contribution in [0.1, 0.15) is 19.0 Å². The van der Waals surface area contributed by atoms with Crippen LogP contribution in [0.3, 0.4) is 0 Å². The van der Waals surface area contributed by atoms with E-state index in [0.717, 1.165) is 25.1 Å². The first-order valence-electron chi connectivity index (χ1n) is 6.19. The van der Waals surface area contributed by atoms with Crippen molar-refractivity contribution in [3.05, 3.63) is 30.1 Å². The Kier molecular flexibility index (Phi) is 7.54. The van der Waals surface area contributed by atoms with Crippen molar-refractivity contribution in [1.29, 1.82) is 0 Å². The summed E-state index contributed by atoms with van der Waals surface area (Å²) < 4.78 is 5.40. The number of rotatable bonds is 9. The second-order valence-corrected chi connectivity index (χ2v) is 4.00. The summed E-state index contributed by atoms with van der Waals surface area (Å²) in [5, 5.41) is 12.7. The molecule has 0 amide bonds. The van der Waals surface area contributed by atoms with Crippen molar-refractivity contribution in [1.82, 2.24) is 10.3 Å². The molecule has 1 atom stereocenters. The van der Waals surface area contributed by atoms with Crippen LogP contribution in [-0.4, -0.2) is 42.5 Å². The van der Waals surface area contributed by atoms with Gasteiger partial charge in [0.2, 0.25) is 0 Å². The highest BCUT2D eigenvalue weighted by atomic mass is 16.5. The number of ether oxygens (including phenoxy) is 1. The molecule has 4 heteroatoms. The van der Waals surface area contributed by atoms with Crippen LogP contribution in [0, 0.1) is 0 Å². The molecule has 17 heavy (non-hydrogen) atoms. The zero-order valence-electron chi connectivity index (χ0n) is 10.4. The third-order valence-electron chi connectivity index (χ3n) is 2.35. The summed E-state index contributed by atoms with van der Waals surface area (Å²) >= 11 is 0. The van der Waals surface area contributed by atoms with Crippen LogP contribution in [0.25, 0.3) is 0 Å².